The average Bonchev–Trinajstić information content (AvgIpc) is 2.22. The van der Waals surface area contributed by atoms with Crippen LogP contribution in [0, 0.1) is 10.1 Å². The highest BCUT2D eigenvalue weighted by Crippen LogP contribution is 2.25. The van der Waals surface area contributed by atoms with Crippen molar-refractivity contribution in [2.75, 3.05) is 6.61 Å². The number of hydrogen-bond donors (Lipinski definition) is 0. The van der Waals surface area contributed by atoms with Gasteiger partial charge in [0.25, 0.3) is 0 Å². The van der Waals surface area contributed by atoms with Crippen molar-refractivity contribution < 1.29 is 9.66 Å². The first-order valence-corrected chi connectivity index (χ1v) is 5.59. The van der Waals surface area contributed by atoms with E-state index in [4.69, 9.17) is 4.74 Å². The SMILES string of the molecule is CCOc1ccc(Br)cc1C=C(C)[N+](=O)[O-]. The Morgan fingerprint density at radius 2 is 2.31 bits per heavy atom. The van der Waals surface area contributed by atoms with Crippen LogP contribution in [0.4, 0.5) is 0 Å². The zero-order chi connectivity index (χ0) is 12.1. The van der Waals surface area contributed by atoms with Gasteiger partial charge in [0, 0.05) is 23.0 Å². The highest BCUT2D eigenvalue weighted by atomic mass is 79.9. The molecule has 1 rings (SSSR count). The zero-order valence-electron chi connectivity index (χ0n) is 9.07. The Hall–Kier alpha value is -1.36. The van der Waals surface area contributed by atoms with Gasteiger partial charge in [0.2, 0.25) is 5.70 Å². The fourth-order valence-corrected chi connectivity index (χ4v) is 1.58. The lowest BCUT2D eigenvalue weighted by Gasteiger charge is -2.07. The summed E-state index contributed by atoms with van der Waals surface area (Å²) < 4.78 is 6.24. The third kappa shape index (κ3) is 3.34. The van der Waals surface area contributed by atoms with Crippen molar-refractivity contribution in [2.45, 2.75) is 13.8 Å². The predicted octanol–water partition coefficient (Wildman–Crippen LogP) is 3.49. The fourth-order valence-electron chi connectivity index (χ4n) is 1.20. The first kappa shape index (κ1) is 12.7. The molecule has 5 heteroatoms. The third-order valence-corrected chi connectivity index (χ3v) is 2.42. The van der Waals surface area contributed by atoms with Crippen molar-refractivity contribution in [1.82, 2.24) is 0 Å². The van der Waals surface area contributed by atoms with Crippen molar-refractivity contribution in [2.24, 2.45) is 0 Å². The quantitative estimate of drug-likeness (QED) is 0.629. The molecule has 0 N–H and O–H groups in total. The maximum absolute atomic E-state index is 10.5. The summed E-state index contributed by atoms with van der Waals surface area (Å²) in [7, 11) is 0. The molecule has 4 nitrogen and oxygen atoms in total. The number of benzene rings is 1. The Bertz CT molecular complexity index is 429. The number of allylic oxidation sites excluding steroid dienone is 1. The van der Waals surface area contributed by atoms with Crippen LogP contribution in [0.3, 0.4) is 0 Å². The molecule has 86 valence electrons. The van der Waals surface area contributed by atoms with Crippen LogP contribution in [0.1, 0.15) is 19.4 Å². The summed E-state index contributed by atoms with van der Waals surface area (Å²) in [6, 6.07) is 5.41. The van der Waals surface area contributed by atoms with Crippen molar-refractivity contribution in [3.8, 4) is 5.75 Å². The number of halogens is 1. The van der Waals surface area contributed by atoms with Gasteiger partial charge in [0.15, 0.2) is 0 Å². The number of nitrogens with zero attached hydrogens (tertiary/aromatic N) is 1. The van der Waals surface area contributed by atoms with Crippen LogP contribution in [0.2, 0.25) is 0 Å². The second-order valence-corrected chi connectivity index (χ2v) is 4.07. The van der Waals surface area contributed by atoms with Gasteiger partial charge < -0.3 is 4.74 Å². The van der Waals surface area contributed by atoms with Crippen molar-refractivity contribution in [3.63, 3.8) is 0 Å². The lowest BCUT2D eigenvalue weighted by Crippen LogP contribution is -1.96. The third-order valence-electron chi connectivity index (χ3n) is 1.92. The van der Waals surface area contributed by atoms with Gasteiger partial charge in [-0.1, -0.05) is 15.9 Å². The van der Waals surface area contributed by atoms with Crippen LogP contribution < -0.4 is 4.74 Å². The van der Waals surface area contributed by atoms with Crippen molar-refractivity contribution in [1.29, 1.82) is 0 Å². The van der Waals surface area contributed by atoms with E-state index in [1.807, 2.05) is 13.0 Å². The lowest BCUT2D eigenvalue weighted by molar-refractivity contribution is -0.422. The molecule has 0 saturated carbocycles. The molecule has 16 heavy (non-hydrogen) atoms. The van der Waals surface area contributed by atoms with Gasteiger partial charge in [0.05, 0.1) is 11.5 Å². The van der Waals surface area contributed by atoms with Crippen molar-refractivity contribution >= 4 is 22.0 Å². The molecule has 0 aromatic heterocycles. The first-order valence-electron chi connectivity index (χ1n) is 4.79. The standard InChI is InChI=1S/C11H12BrNO3/c1-3-16-11-5-4-10(12)7-9(11)6-8(2)13(14)15/h4-7H,3H2,1-2H3. The summed E-state index contributed by atoms with van der Waals surface area (Å²) in [5.74, 6) is 0.645. The molecule has 1 aromatic carbocycles. The first-order chi connectivity index (χ1) is 7.54. The van der Waals surface area contributed by atoms with Gasteiger partial charge in [-0.2, -0.15) is 0 Å². The highest BCUT2D eigenvalue weighted by molar-refractivity contribution is 9.10. The monoisotopic (exact) mass is 285 g/mol. The maximum Gasteiger partial charge on any atom is 0.243 e. The van der Waals surface area contributed by atoms with Crippen LogP contribution in [-0.2, 0) is 0 Å². The van der Waals surface area contributed by atoms with Gasteiger partial charge in [-0.05, 0) is 25.1 Å². The molecule has 0 aliphatic carbocycles. The Morgan fingerprint density at radius 3 is 2.88 bits per heavy atom. The van der Waals surface area contributed by atoms with E-state index in [0.717, 1.165) is 4.47 Å². The summed E-state index contributed by atoms with van der Waals surface area (Å²) in [6.45, 7) is 3.85. The van der Waals surface area contributed by atoms with Gasteiger partial charge >= 0.3 is 0 Å². The van der Waals surface area contributed by atoms with Gasteiger partial charge in [-0.3, -0.25) is 10.1 Å². The molecule has 0 bridgehead atoms. The van der Waals surface area contributed by atoms with Crippen LogP contribution in [-0.4, -0.2) is 11.5 Å². The van der Waals surface area contributed by atoms with Gasteiger partial charge in [0.1, 0.15) is 5.75 Å². The van der Waals surface area contributed by atoms with E-state index < -0.39 is 4.92 Å². The van der Waals surface area contributed by atoms with Crippen LogP contribution in [0.25, 0.3) is 6.08 Å². The molecule has 0 atom stereocenters. The van der Waals surface area contributed by atoms with Crippen LogP contribution in [0.15, 0.2) is 28.4 Å². The normalized spacial score (nSPS) is 11.3. The fraction of sp³-hybridized carbons (Fsp3) is 0.273. The van der Waals surface area contributed by atoms with E-state index in [1.165, 1.54) is 13.0 Å². The Labute approximate surface area is 102 Å². The molecule has 0 amide bonds. The summed E-state index contributed by atoms with van der Waals surface area (Å²) >= 11 is 3.32. The summed E-state index contributed by atoms with van der Waals surface area (Å²) in [4.78, 5) is 10.1. The number of ether oxygens (including phenoxy) is 1. The predicted molar refractivity (Wildman–Crippen MR) is 66.0 cm³/mol. The minimum absolute atomic E-state index is 0.0825. The maximum atomic E-state index is 10.5. The molecule has 0 spiro atoms. The second kappa shape index (κ2) is 5.65. The topological polar surface area (TPSA) is 52.4 Å². The molecule has 0 aliphatic rings. The molecule has 0 fully saturated rings. The molecule has 0 heterocycles. The smallest absolute Gasteiger partial charge is 0.243 e. The van der Waals surface area contributed by atoms with Crippen molar-refractivity contribution in [3.05, 3.63) is 44.0 Å². The van der Waals surface area contributed by atoms with E-state index in [9.17, 15) is 10.1 Å². The van der Waals surface area contributed by atoms with Crippen LogP contribution >= 0.6 is 15.9 Å². The Morgan fingerprint density at radius 1 is 1.62 bits per heavy atom. The number of rotatable bonds is 4. The molecule has 0 radical (unpaired) electrons. The van der Waals surface area contributed by atoms with Gasteiger partial charge in [-0.25, -0.2) is 0 Å². The van der Waals surface area contributed by atoms with E-state index in [0.29, 0.717) is 17.9 Å². The summed E-state index contributed by atoms with van der Waals surface area (Å²) in [5.41, 5.74) is 0.782. The molecule has 0 unspecified atom stereocenters. The Balaban J connectivity index is 3.14. The summed E-state index contributed by atoms with van der Waals surface area (Å²) in [6.07, 6.45) is 1.50. The van der Waals surface area contributed by atoms with E-state index in [-0.39, 0.29) is 5.70 Å². The largest absolute Gasteiger partial charge is 0.493 e. The molecular weight excluding hydrogens is 274 g/mol. The van der Waals surface area contributed by atoms with E-state index >= 15 is 0 Å². The minimum atomic E-state index is -0.420. The van der Waals surface area contributed by atoms with Crippen LogP contribution in [0.5, 0.6) is 5.75 Å². The highest BCUT2D eigenvalue weighted by Gasteiger charge is 2.07. The second-order valence-electron chi connectivity index (χ2n) is 3.16. The molecule has 0 saturated heterocycles. The molecular formula is C11H12BrNO3. The zero-order valence-corrected chi connectivity index (χ0v) is 10.7. The summed E-state index contributed by atoms with van der Waals surface area (Å²) in [5, 5.41) is 10.5. The molecule has 1 aromatic rings. The number of nitro groups is 1. The van der Waals surface area contributed by atoms with Gasteiger partial charge in [-0.15, -0.1) is 0 Å². The molecule has 0 aliphatic heterocycles. The average molecular weight is 286 g/mol. The number of hydrogen-bond acceptors (Lipinski definition) is 3. The van der Waals surface area contributed by atoms with E-state index in [1.54, 1.807) is 12.1 Å². The Kier molecular flexibility index (Phi) is 4.49. The van der Waals surface area contributed by atoms with E-state index in [2.05, 4.69) is 15.9 Å². The lowest BCUT2D eigenvalue weighted by atomic mass is 10.2. The minimum Gasteiger partial charge on any atom is -0.493 e.